The molecule has 0 radical (unpaired) electrons. The molecule has 1 saturated heterocycles. The number of fused-ring (bicyclic) bond motifs is 3. The van der Waals surface area contributed by atoms with E-state index in [0.717, 1.165) is 64.5 Å². The SMILES string of the molecule is COC(=O)c1cc(C)c2nc(N3C[C@H]4C[C@@H]3C[C@@H]4OCc3c(-c4c(Cl)cccc4Cl)noc3C3CC3)sc2c1. The Balaban J connectivity index is 1.08. The third kappa shape index (κ3) is 4.42. The minimum Gasteiger partial charge on any atom is -0.465 e. The molecule has 0 amide bonds. The summed E-state index contributed by atoms with van der Waals surface area (Å²) >= 11 is 14.7. The lowest BCUT2D eigenvalue weighted by Gasteiger charge is -2.31. The van der Waals surface area contributed by atoms with Crippen LogP contribution in [0.2, 0.25) is 10.0 Å². The van der Waals surface area contributed by atoms with E-state index >= 15 is 0 Å². The van der Waals surface area contributed by atoms with E-state index in [9.17, 15) is 4.79 Å². The first-order valence-electron chi connectivity index (χ1n) is 13.2. The molecule has 3 fully saturated rings. The van der Waals surface area contributed by atoms with Crippen LogP contribution in [-0.2, 0) is 16.1 Å². The summed E-state index contributed by atoms with van der Waals surface area (Å²) in [6.07, 6.45) is 4.38. The van der Waals surface area contributed by atoms with E-state index in [-0.39, 0.29) is 12.1 Å². The van der Waals surface area contributed by atoms with E-state index in [1.54, 1.807) is 11.3 Å². The van der Waals surface area contributed by atoms with Gasteiger partial charge in [0.15, 0.2) is 5.13 Å². The number of hydrogen-bond acceptors (Lipinski definition) is 8. The Kier molecular flexibility index (Phi) is 6.34. The zero-order valence-electron chi connectivity index (χ0n) is 21.6. The zero-order valence-corrected chi connectivity index (χ0v) is 23.9. The van der Waals surface area contributed by atoms with Gasteiger partial charge in [-0.2, -0.15) is 0 Å². The summed E-state index contributed by atoms with van der Waals surface area (Å²) in [7, 11) is 1.40. The van der Waals surface area contributed by atoms with Gasteiger partial charge in [0.05, 0.1) is 45.6 Å². The number of carbonyl (C=O) groups excluding carboxylic acids is 1. The quantitative estimate of drug-likeness (QED) is 0.209. The fourth-order valence-corrected chi connectivity index (χ4v) is 7.87. The average molecular weight is 585 g/mol. The number of aromatic nitrogens is 2. The summed E-state index contributed by atoms with van der Waals surface area (Å²) in [5.41, 5.74) is 4.85. The number of halogens is 2. The molecule has 3 aliphatic rings. The number of nitrogens with zero attached hydrogens (tertiary/aromatic N) is 3. The van der Waals surface area contributed by atoms with Gasteiger partial charge in [-0.1, -0.05) is 45.8 Å². The van der Waals surface area contributed by atoms with Gasteiger partial charge in [0, 0.05) is 35.5 Å². The second-order valence-electron chi connectivity index (χ2n) is 10.8. The highest BCUT2D eigenvalue weighted by atomic mass is 35.5. The fourth-order valence-electron chi connectivity index (χ4n) is 6.13. The lowest BCUT2D eigenvalue weighted by atomic mass is 10.0. The van der Waals surface area contributed by atoms with Gasteiger partial charge in [-0.25, -0.2) is 9.78 Å². The van der Waals surface area contributed by atoms with E-state index in [1.165, 1.54) is 7.11 Å². The van der Waals surface area contributed by atoms with Crippen LogP contribution in [0.1, 0.15) is 58.8 Å². The van der Waals surface area contributed by atoms with E-state index < -0.39 is 0 Å². The normalized spacial score (nSPS) is 22.3. The lowest BCUT2D eigenvalue weighted by Crippen LogP contribution is -2.38. The Labute approximate surface area is 240 Å². The Hall–Kier alpha value is -2.65. The number of rotatable bonds is 7. The molecular weight excluding hydrogens is 557 g/mol. The monoisotopic (exact) mass is 583 g/mol. The standard InChI is InChI=1S/C29H27Cl2N3O4S/c1-14-8-16(28(35)36-2)10-23-25(14)32-29(39-23)34-12-17-9-18(34)11-22(17)37-13-19-26(33-38-27(19)15-6-7-15)24-20(30)4-3-5-21(24)31/h3-5,8,10,15,17-18,22H,6-7,9,11-13H2,1-2H3/t17-,18-,22+/m1/s1. The van der Waals surface area contributed by atoms with Gasteiger partial charge in [-0.3, -0.25) is 0 Å². The van der Waals surface area contributed by atoms with Crippen molar-refractivity contribution in [3.05, 3.63) is 62.8 Å². The first kappa shape index (κ1) is 25.3. The molecule has 2 bridgehead atoms. The van der Waals surface area contributed by atoms with Gasteiger partial charge in [0.25, 0.3) is 0 Å². The van der Waals surface area contributed by atoms with Crippen molar-refractivity contribution in [1.29, 1.82) is 0 Å². The Morgan fingerprint density at radius 3 is 2.69 bits per heavy atom. The van der Waals surface area contributed by atoms with Crippen LogP contribution in [0, 0.1) is 12.8 Å². The van der Waals surface area contributed by atoms with E-state index in [0.29, 0.717) is 51.4 Å². The van der Waals surface area contributed by atoms with Crippen LogP contribution in [0.3, 0.4) is 0 Å². The van der Waals surface area contributed by atoms with Crippen LogP contribution >= 0.6 is 34.5 Å². The van der Waals surface area contributed by atoms with Gasteiger partial charge >= 0.3 is 5.97 Å². The van der Waals surface area contributed by atoms with Crippen molar-refractivity contribution >= 4 is 55.9 Å². The van der Waals surface area contributed by atoms with Gasteiger partial charge in [-0.05, 0) is 62.4 Å². The van der Waals surface area contributed by atoms with Crippen LogP contribution < -0.4 is 4.90 Å². The minimum absolute atomic E-state index is 0.157. The molecule has 3 heterocycles. The number of ether oxygens (including phenoxy) is 2. The first-order chi connectivity index (χ1) is 18.9. The predicted molar refractivity (Wildman–Crippen MR) is 152 cm³/mol. The van der Waals surface area contributed by atoms with Gasteiger partial charge in [-0.15, -0.1) is 0 Å². The average Bonchev–Trinajstić information content (AvgIpc) is 3.24. The second-order valence-corrected chi connectivity index (χ2v) is 12.6. The minimum atomic E-state index is -0.326. The highest BCUT2D eigenvalue weighted by Crippen LogP contribution is 2.48. The summed E-state index contributed by atoms with van der Waals surface area (Å²) in [5.74, 6) is 1.39. The highest BCUT2D eigenvalue weighted by Gasteiger charge is 2.46. The van der Waals surface area contributed by atoms with Crippen molar-refractivity contribution < 1.29 is 18.8 Å². The molecule has 3 atom stereocenters. The molecule has 4 aromatic rings. The van der Waals surface area contributed by atoms with Crippen LogP contribution in [0.15, 0.2) is 34.9 Å². The molecule has 202 valence electrons. The number of anilines is 1. The molecule has 10 heteroatoms. The molecule has 1 aliphatic heterocycles. The van der Waals surface area contributed by atoms with Crippen LogP contribution in [0.5, 0.6) is 0 Å². The lowest BCUT2D eigenvalue weighted by molar-refractivity contribution is 0.0122. The fraction of sp³-hybridized carbons (Fsp3) is 0.414. The molecule has 39 heavy (non-hydrogen) atoms. The molecule has 7 nitrogen and oxygen atoms in total. The number of esters is 1. The number of hydrogen-bond donors (Lipinski definition) is 0. The van der Waals surface area contributed by atoms with Gasteiger partial charge < -0.3 is 18.9 Å². The van der Waals surface area contributed by atoms with E-state index in [2.05, 4.69) is 10.1 Å². The second kappa shape index (κ2) is 9.77. The number of carbonyl (C=O) groups is 1. The Morgan fingerprint density at radius 1 is 1.21 bits per heavy atom. The zero-order chi connectivity index (χ0) is 26.8. The molecule has 0 unspecified atom stereocenters. The van der Waals surface area contributed by atoms with E-state index in [4.69, 9.17) is 42.2 Å². The molecule has 7 rings (SSSR count). The summed E-state index contributed by atoms with van der Waals surface area (Å²) in [6.45, 7) is 3.32. The molecule has 0 spiro atoms. The van der Waals surface area contributed by atoms with Crippen molar-refractivity contribution in [2.75, 3.05) is 18.6 Å². The smallest absolute Gasteiger partial charge is 0.337 e. The van der Waals surface area contributed by atoms with Crippen LogP contribution in [-0.4, -0.2) is 41.9 Å². The summed E-state index contributed by atoms with van der Waals surface area (Å²) in [6, 6.07) is 9.59. The number of methoxy groups -OCH3 is 1. The maximum absolute atomic E-state index is 12.1. The number of thiazole rings is 1. The van der Waals surface area contributed by atoms with Crippen LogP contribution in [0.4, 0.5) is 5.13 Å². The molecule has 2 aromatic heterocycles. The van der Waals surface area contributed by atoms with Crippen molar-refractivity contribution in [2.24, 2.45) is 5.92 Å². The van der Waals surface area contributed by atoms with Crippen molar-refractivity contribution in [2.45, 2.75) is 57.3 Å². The molecule has 2 aliphatic carbocycles. The highest BCUT2D eigenvalue weighted by molar-refractivity contribution is 7.22. The number of aryl methyl sites for hydroxylation is 1. The van der Waals surface area contributed by atoms with Crippen LogP contribution in [0.25, 0.3) is 21.5 Å². The maximum atomic E-state index is 12.1. The van der Waals surface area contributed by atoms with Crippen molar-refractivity contribution in [3.63, 3.8) is 0 Å². The largest absolute Gasteiger partial charge is 0.465 e. The third-order valence-corrected chi connectivity index (χ3v) is 9.90. The number of benzene rings is 2. The van der Waals surface area contributed by atoms with Crippen molar-refractivity contribution in [1.82, 2.24) is 10.1 Å². The maximum Gasteiger partial charge on any atom is 0.337 e. The summed E-state index contributed by atoms with van der Waals surface area (Å²) in [5, 5.41) is 6.51. The molecular formula is C29H27Cl2N3O4S. The van der Waals surface area contributed by atoms with Crippen molar-refractivity contribution in [3.8, 4) is 11.3 Å². The van der Waals surface area contributed by atoms with E-state index in [1.807, 2.05) is 37.3 Å². The summed E-state index contributed by atoms with van der Waals surface area (Å²) < 4.78 is 18.3. The summed E-state index contributed by atoms with van der Waals surface area (Å²) in [4.78, 5) is 19.4. The topological polar surface area (TPSA) is 77.7 Å². The Morgan fingerprint density at radius 2 is 2.00 bits per heavy atom. The van der Waals surface area contributed by atoms with Gasteiger partial charge in [0.2, 0.25) is 0 Å². The number of piperidine rings is 1. The predicted octanol–water partition coefficient (Wildman–Crippen LogP) is 7.41. The van der Waals surface area contributed by atoms with Gasteiger partial charge in [0.1, 0.15) is 11.5 Å². The molecule has 0 N–H and O–H groups in total. The third-order valence-electron chi connectivity index (χ3n) is 8.23. The first-order valence-corrected chi connectivity index (χ1v) is 14.8. The molecule has 2 aromatic carbocycles. The Bertz CT molecular complexity index is 1580. The molecule has 2 saturated carbocycles.